The molecule has 1 heterocycles. The van der Waals surface area contributed by atoms with Crippen LogP contribution in [0.2, 0.25) is 0 Å². The minimum absolute atomic E-state index is 0.0579. The second kappa shape index (κ2) is 14.9. The lowest BCUT2D eigenvalue weighted by Gasteiger charge is -2.22. The second-order valence-electron chi connectivity index (χ2n) is 8.91. The monoisotopic (exact) mass is 498 g/mol. The standard InChI is InChI=1S/C28H38N2O6/c31-28(36-21-27-25-7-3-1-5-23(25)24-6-2-4-8-26(24)27)30-13-14-32-15-16-33-17-18-34-19-20-35-22-9-11-29-12-10-22/h1-8,22,27,29H,9-21H2,(H,30,31). The van der Waals surface area contributed by atoms with Crippen molar-refractivity contribution in [3.05, 3.63) is 59.7 Å². The number of piperidine rings is 1. The highest BCUT2D eigenvalue weighted by Crippen LogP contribution is 2.44. The highest BCUT2D eigenvalue weighted by molar-refractivity contribution is 5.79. The number of alkyl carbamates (subject to hydrolysis) is 1. The Morgan fingerprint density at radius 1 is 0.778 bits per heavy atom. The number of hydrogen-bond acceptors (Lipinski definition) is 7. The number of ether oxygens (including phenoxy) is 5. The molecule has 1 saturated heterocycles. The maximum absolute atomic E-state index is 12.2. The highest BCUT2D eigenvalue weighted by atomic mass is 16.6. The molecule has 1 aliphatic carbocycles. The van der Waals surface area contributed by atoms with E-state index >= 15 is 0 Å². The van der Waals surface area contributed by atoms with Gasteiger partial charge in [0, 0.05) is 12.5 Å². The zero-order valence-corrected chi connectivity index (χ0v) is 20.9. The van der Waals surface area contributed by atoms with E-state index in [9.17, 15) is 4.79 Å². The minimum Gasteiger partial charge on any atom is -0.449 e. The summed E-state index contributed by atoms with van der Waals surface area (Å²) in [4.78, 5) is 12.2. The van der Waals surface area contributed by atoms with Crippen LogP contribution < -0.4 is 10.6 Å². The Morgan fingerprint density at radius 3 is 1.97 bits per heavy atom. The van der Waals surface area contributed by atoms with Crippen LogP contribution in [-0.2, 0) is 23.7 Å². The zero-order chi connectivity index (χ0) is 24.8. The van der Waals surface area contributed by atoms with Crippen LogP contribution in [0, 0.1) is 0 Å². The maximum atomic E-state index is 12.2. The van der Waals surface area contributed by atoms with Crippen LogP contribution in [-0.4, -0.2) is 84.7 Å². The molecule has 0 spiro atoms. The smallest absolute Gasteiger partial charge is 0.407 e. The van der Waals surface area contributed by atoms with Gasteiger partial charge in [0.25, 0.3) is 0 Å². The van der Waals surface area contributed by atoms with Gasteiger partial charge >= 0.3 is 6.09 Å². The number of fused-ring (bicyclic) bond motifs is 3. The molecular formula is C28H38N2O6. The first-order valence-electron chi connectivity index (χ1n) is 13.0. The van der Waals surface area contributed by atoms with Crippen LogP contribution in [0.5, 0.6) is 0 Å². The number of carbonyl (C=O) groups is 1. The Bertz CT molecular complexity index is 888. The summed E-state index contributed by atoms with van der Waals surface area (Å²) in [5.74, 6) is 0.0579. The van der Waals surface area contributed by atoms with Gasteiger partial charge in [0.05, 0.1) is 52.4 Å². The van der Waals surface area contributed by atoms with E-state index in [0.717, 1.165) is 25.9 Å². The van der Waals surface area contributed by atoms with Crippen LogP contribution in [0.15, 0.2) is 48.5 Å². The van der Waals surface area contributed by atoms with Gasteiger partial charge in [-0.05, 0) is 48.2 Å². The Balaban J connectivity index is 0.975. The van der Waals surface area contributed by atoms with Crippen LogP contribution >= 0.6 is 0 Å². The van der Waals surface area contributed by atoms with Crippen LogP contribution in [0.4, 0.5) is 4.79 Å². The summed E-state index contributed by atoms with van der Waals surface area (Å²) in [6, 6.07) is 16.6. The molecule has 1 fully saturated rings. The molecule has 1 aliphatic heterocycles. The van der Waals surface area contributed by atoms with Gasteiger partial charge in [-0.1, -0.05) is 48.5 Å². The van der Waals surface area contributed by atoms with Gasteiger partial charge in [-0.3, -0.25) is 0 Å². The largest absolute Gasteiger partial charge is 0.449 e. The number of rotatable bonds is 15. The highest BCUT2D eigenvalue weighted by Gasteiger charge is 2.28. The van der Waals surface area contributed by atoms with Gasteiger partial charge in [0.15, 0.2) is 0 Å². The van der Waals surface area contributed by atoms with Gasteiger partial charge in [-0.2, -0.15) is 0 Å². The summed E-state index contributed by atoms with van der Waals surface area (Å²) >= 11 is 0. The van der Waals surface area contributed by atoms with Gasteiger partial charge in [-0.15, -0.1) is 0 Å². The number of amides is 1. The molecule has 0 atom stereocenters. The molecule has 0 aromatic heterocycles. The third-order valence-corrected chi connectivity index (χ3v) is 6.47. The van der Waals surface area contributed by atoms with Crippen LogP contribution in [0.1, 0.15) is 29.9 Å². The second-order valence-corrected chi connectivity index (χ2v) is 8.91. The van der Waals surface area contributed by atoms with Crippen molar-refractivity contribution >= 4 is 6.09 Å². The van der Waals surface area contributed by atoms with E-state index in [1.807, 2.05) is 24.3 Å². The quantitative estimate of drug-likeness (QED) is 0.364. The number of carbonyl (C=O) groups excluding carboxylic acids is 1. The van der Waals surface area contributed by atoms with E-state index in [2.05, 4.69) is 34.9 Å². The van der Waals surface area contributed by atoms with Crippen molar-refractivity contribution < 1.29 is 28.5 Å². The van der Waals surface area contributed by atoms with Gasteiger partial charge < -0.3 is 34.3 Å². The molecule has 2 aromatic rings. The van der Waals surface area contributed by atoms with Crippen molar-refractivity contribution in [3.8, 4) is 11.1 Å². The summed E-state index contributed by atoms with van der Waals surface area (Å²) in [7, 11) is 0. The molecule has 0 unspecified atom stereocenters. The molecule has 2 N–H and O–H groups in total. The molecule has 0 saturated carbocycles. The van der Waals surface area contributed by atoms with Crippen molar-refractivity contribution in [3.63, 3.8) is 0 Å². The predicted octanol–water partition coefficient (Wildman–Crippen LogP) is 3.34. The molecule has 36 heavy (non-hydrogen) atoms. The van der Waals surface area contributed by atoms with Crippen molar-refractivity contribution in [2.75, 3.05) is 72.5 Å². The van der Waals surface area contributed by atoms with Crippen molar-refractivity contribution in [1.29, 1.82) is 0 Å². The molecule has 8 nitrogen and oxygen atoms in total. The van der Waals surface area contributed by atoms with Crippen LogP contribution in [0.25, 0.3) is 11.1 Å². The number of benzene rings is 2. The summed E-state index contributed by atoms with van der Waals surface area (Å²) in [6.07, 6.45) is 2.08. The lowest BCUT2D eigenvalue weighted by molar-refractivity contribution is -0.0250. The first-order valence-corrected chi connectivity index (χ1v) is 13.0. The Hall–Kier alpha value is -2.49. The number of nitrogens with one attached hydrogen (secondary N) is 2. The Labute approximate surface area is 213 Å². The molecule has 2 aromatic carbocycles. The van der Waals surface area contributed by atoms with E-state index in [4.69, 9.17) is 23.7 Å². The van der Waals surface area contributed by atoms with E-state index < -0.39 is 6.09 Å². The van der Waals surface area contributed by atoms with E-state index in [-0.39, 0.29) is 5.92 Å². The molecule has 0 bridgehead atoms. The van der Waals surface area contributed by atoms with Crippen molar-refractivity contribution in [2.24, 2.45) is 0 Å². The summed E-state index contributed by atoms with van der Waals surface area (Å²) in [5, 5.41) is 6.07. The van der Waals surface area contributed by atoms with E-state index in [1.165, 1.54) is 22.3 Å². The van der Waals surface area contributed by atoms with Crippen molar-refractivity contribution in [1.82, 2.24) is 10.6 Å². The van der Waals surface area contributed by atoms with Gasteiger partial charge in [0.1, 0.15) is 6.61 Å². The first kappa shape index (κ1) is 26.6. The molecule has 1 amide bonds. The maximum Gasteiger partial charge on any atom is 0.407 e. The zero-order valence-electron chi connectivity index (χ0n) is 20.9. The normalized spacial score (nSPS) is 15.4. The fraction of sp³-hybridized carbons (Fsp3) is 0.536. The lowest BCUT2D eigenvalue weighted by atomic mass is 9.98. The molecule has 2 aliphatic rings. The van der Waals surface area contributed by atoms with E-state index in [1.54, 1.807) is 0 Å². The molecule has 196 valence electrons. The fourth-order valence-electron chi connectivity index (χ4n) is 4.65. The van der Waals surface area contributed by atoms with E-state index in [0.29, 0.717) is 65.5 Å². The predicted molar refractivity (Wildman–Crippen MR) is 137 cm³/mol. The minimum atomic E-state index is -0.432. The molecule has 4 rings (SSSR count). The SMILES string of the molecule is O=C(NCCOCCOCCOCCOC1CCNCC1)OCC1c2ccccc2-c2ccccc21. The van der Waals surface area contributed by atoms with Gasteiger partial charge in [-0.25, -0.2) is 4.79 Å². The lowest BCUT2D eigenvalue weighted by Crippen LogP contribution is -2.33. The third-order valence-electron chi connectivity index (χ3n) is 6.47. The van der Waals surface area contributed by atoms with Crippen molar-refractivity contribution in [2.45, 2.75) is 24.9 Å². The summed E-state index contributed by atoms with van der Waals surface area (Å²) < 4.78 is 27.8. The van der Waals surface area contributed by atoms with Crippen LogP contribution in [0.3, 0.4) is 0 Å². The van der Waals surface area contributed by atoms with Gasteiger partial charge in [0.2, 0.25) is 0 Å². The molecule has 0 radical (unpaired) electrons. The third kappa shape index (κ3) is 8.01. The Kier molecular flexibility index (Phi) is 11.0. The topological polar surface area (TPSA) is 87.3 Å². The number of hydrogen-bond donors (Lipinski definition) is 2. The fourth-order valence-corrected chi connectivity index (χ4v) is 4.65. The Morgan fingerprint density at radius 2 is 1.33 bits per heavy atom. The summed E-state index contributed by atoms with van der Waals surface area (Å²) in [6.45, 7) is 6.39. The molecule has 8 heteroatoms. The molecular weight excluding hydrogens is 460 g/mol. The average molecular weight is 499 g/mol. The summed E-state index contributed by atoms with van der Waals surface area (Å²) in [5.41, 5.74) is 4.83. The average Bonchev–Trinajstić information content (AvgIpc) is 3.24. The first-order chi connectivity index (χ1) is 17.8.